The first-order chi connectivity index (χ1) is 8.02. The molecule has 0 atom stereocenters. The molecular formula is C12H19N3O2. The summed E-state index contributed by atoms with van der Waals surface area (Å²) in [6.07, 6.45) is 1.05. The first-order valence-electron chi connectivity index (χ1n) is 5.70. The van der Waals surface area contributed by atoms with E-state index in [0.717, 1.165) is 18.7 Å². The zero-order valence-corrected chi connectivity index (χ0v) is 10.8. The number of carbonyl (C=O) groups is 1. The molecule has 0 unspecified atom stereocenters. The normalized spacial score (nSPS) is 10.4. The highest BCUT2D eigenvalue weighted by Crippen LogP contribution is 2.08. The van der Waals surface area contributed by atoms with E-state index in [2.05, 4.69) is 33.9 Å². The zero-order chi connectivity index (χ0) is 12.8. The minimum atomic E-state index is -0.513. The molecule has 5 heteroatoms. The molecule has 1 heterocycles. The molecule has 1 aromatic heterocycles. The fraction of sp³-hybridized carbons (Fsp3) is 0.583. The van der Waals surface area contributed by atoms with Gasteiger partial charge in [-0.25, -0.2) is 14.8 Å². The topological polar surface area (TPSA) is 64.1 Å². The summed E-state index contributed by atoms with van der Waals surface area (Å²) in [5.74, 6) is 0.879. The summed E-state index contributed by atoms with van der Waals surface area (Å²) in [6.45, 7) is 6.97. The lowest BCUT2D eigenvalue weighted by Gasteiger charge is -2.09. The lowest BCUT2D eigenvalue weighted by molar-refractivity contribution is 0.0586. The number of aromatic nitrogens is 2. The van der Waals surface area contributed by atoms with Crippen molar-refractivity contribution in [3.05, 3.63) is 17.6 Å². The SMILES string of the molecule is COC(=O)c1nc(C)cc(NCCC(C)C)n1. The largest absolute Gasteiger partial charge is 0.463 e. The highest BCUT2D eigenvalue weighted by Gasteiger charge is 2.11. The zero-order valence-electron chi connectivity index (χ0n) is 10.8. The average molecular weight is 237 g/mol. The first kappa shape index (κ1) is 13.4. The predicted molar refractivity (Wildman–Crippen MR) is 66.1 cm³/mol. The second-order valence-corrected chi connectivity index (χ2v) is 4.32. The standard InChI is InChI=1S/C12H19N3O2/c1-8(2)5-6-13-10-7-9(3)14-11(15-10)12(16)17-4/h7-8H,5-6H2,1-4H3,(H,13,14,15). The van der Waals surface area contributed by atoms with Gasteiger partial charge in [-0.3, -0.25) is 0 Å². The number of hydrogen-bond donors (Lipinski definition) is 1. The van der Waals surface area contributed by atoms with Crippen molar-refractivity contribution in [3.8, 4) is 0 Å². The first-order valence-corrected chi connectivity index (χ1v) is 5.70. The number of esters is 1. The molecule has 0 saturated heterocycles. The second kappa shape index (κ2) is 6.18. The Bertz CT molecular complexity index is 391. The monoisotopic (exact) mass is 237 g/mol. The molecule has 0 aliphatic rings. The second-order valence-electron chi connectivity index (χ2n) is 4.32. The van der Waals surface area contributed by atoms with Crippen LogP contribution in [0.5, 0.6) is 0 Å². The van der Waals surface area contributed by atoms with E-state index in [1.54, 1.807) is 0 Å². The molecule has 0 fully saturated rings. The van der Waals surface area contributed by atoms with Crippen LogP contribution in [0.1, 0.15) is 36.6 Å². The summed E-state index contributed by atoms with van der Waals surface area (Å²) in [6, 6.07) is 1.81. The molecule has 1 rings (SSSR count). The van der Waals surface area contributed by atoms with E-state index in [1.807, 2.05) is 13.0 Å². The summed E-state index contributed by atoms with van der Waals surface area (Å²) in [5.41, 5.74) is 0.743. The van der Waals surface area contributed by atoms with Gasteiger partial charge in [0.05, 0.1) is 7.11 Å². The molecule has 0 saturated carbocycles. The van der Waals surface area contributed by atoms with Crippen LogP contribution in [0.25, 0.3) is 0 Å². The molecule has 0 aliphatic carbocycles. The van der Waals surface area contributed by atoms with Crippen molar-refractivity contribution in [3.63, 3.8) is 0 Å². The van der Waals surface area contributed by atoms with Crippen LogP contribution in [0.2, 0.25) is 0 Å². The summed E-state index contributed by atoms with van der Waals surface area (Å²) < 4.78 is 4.60. The number of anilines is 1. The smallest absolute Gasteiger partial charge is 0.376 e. The fourth-order valence-corrected chi connectivity index (χ4v) is 1.33. The lowest BCUT2D eigenvalue weighted by atomic mass is 10.1. The molecule has 0 spiro atoms. The molecule has 0 aliphatic heterocycles. The van der Waals surface area contributed by atoms with Crippen LogP contribution < -0.4 is 5.32 Å². The van der Waals surface area contributed by atoms with E-state index >= 15 is 0 Å². The van der Waals surface area contributed by atoms with Gasteiger partial charge in [0.2, 0.25) is 5.82 Å². The van der Waals surface area contributed by atoms with Gasteiger partial charge in [0.15, 0.2) is 0 Å². The molecule has 0 aromatic carbocycles. The van der Waals surface area contributed by atoms with E-state index in [1.165, 1.54) is 7.11 Å². The summed E-state index contributed by atoms with van der Waals surface area (Å²) in [4.78, 5) is 19.5. The van der Waals surface area contributed by atoms with Crippen LogP contribution >= 0.6 is 0 Å². The third-order valence-electron chi connectivity index (χ3n) is 2.25. The Labute approximate surface area is 102 Å². The molecule has 0 radical (unpaired) electrons. The molecule has 94 valence electrons. The Kier molecular flexibility index (Phi) is 4.87. The summed E-state index contributed by atoms with van der Waals surface area (Å²) in [7, 11) is 1.32. The van der Waals surface area contributed by atoms with Gasteiger partial charge in [0, 0.05) is 18.3 Å². The quantitative estimate of drug-likeness (QED) is 0.794. The van der Waals surface area contributed by atoms with E-state index in [4.69, 9.17) is 0 Å². The Morgan fingerprint density at radius 3 is 2.76 bits per heavy atom. The molecule has 0 amide bonds. The predicted octanol–water partition coefficient (Wildman–Crippen LogP) is 2.03. The molecule has 5 nitrogen and oxygen atoms in total. The van der Waals surface area contributed by atoms with E-state index < -0.39 is 5.97 Å². The van der Waals surface area contributed by atoms with Crippen molar-refractivity contribution in [2.24, 2.45) is 5.92 Å². The number of nitrogens with one attached hydrogen (secondary N) is 1. The van der Waals surface area contributed by atoms with Crippen molar-refractivity contribution in [2.75, 3.05) is 19.0 Å². The van der Waals surface area contributed by atoms with Crippen molar-refractivity contribution in [1.82, 2.24) is 9.97 Å². The van der Waals surface area contributed by atoms with Gasteiger partial charge in [-0.2, -0.15) is 0 Å². The van der Waals surface area contributed by atoms with Crippen LogP contribution in [0.15, 0.2) is 6.07 Å². The maximum absolute atomic E-state index is 11.3. The van der Waals surface area contributed by atoms with Crippen LogP contribution in [-0.4, -0.2) is 29.6 Å². The van der Waals surface area contributed by atoms with E-state index in [9.17, 15) is 4.79 Å². The van der Waals surface area contributed by atoms with Crippen molar-refractivity contribution < 1.29 is 9.53 Å². The number of aryl methyl sites for hydroxylation is 1. The number of ether oxygens (including phenoxy) is 1. The molecule has 1 N–H and O–H groups in total. The molecule has 0 bridgehead atoms. The third kappa shape index (κ3) is 4.38. The Morgan fingerprint density at radius 1 is 1.47 bits per heavy atom. The Balaban J connectivity index is 2.72. The van der Waals surface area contributed by atoms with Crippen molar-refractivity contribution in [2.45, 2.75) is 27.2 Å². The molecule has 1 aromatic rings. The van der Waals surface area contributed by atoms with Crippen LogP contribution in [-0.2, 0) is 4.74 Å². The van der Waals surface area contributed by atoms with E-state index in [0.29, 0.717) is 11.7 Å². The number of carbonyl (C=O) groups excluding carboxylic acids is 1. The lowest BCUT2D eigenvalue weighted by Crippen LogP contribution is -2.12. The number of rotatable bonds is 5. The summed E-state index contributed by atoms with van der Waals surface area (Å²) in [5, 5.41) is 3.18. The number of methoxy groups -OCH3 is 1. The van der Waals surface area contributed by atoms with Crippen LogP contribution in [0.4, 0.5) is 5.82 Å². The van der Waals surface area contributed by atoms with Gasteiger partial charge in [-0.1, -0.05) is 13.8 Å². The molecular weight excluding hydrogens is 218 g/mol. The highest BCUT2D eigenvalue weighted by atomic mass is 16.5. The third-order valence-corrected chi connectivity index (χ3v) is 2.25. The maximum Gasteiger partial charge on any atom is 0.376 e. The minimum Gasteiger partial charge on any atom is -0.463 e. The number of hydrogen-bond acceptors (Lipinski definition) is 5. The van der Waals surface area contributed by atoms with Crippen LogP contribution in [0, 0.1) is 12.8 Å². The summed E-state index contributed by atoms with van der Waals surface area (Å²) >= 11 is 0. The van der Waals surface area contributed by atoms with Gasteiger partial charge in [-0.15, -0.1) is 0 Å². The number of nitrogens with zero attached hydrogens (tertiary/aromatic N) is 2. The van der Waals surface area contributed by atoms with E-state index in [-0.39, 0.29) is 5.82 Å². The maximum atomic E-state index is 11.3. The molecule has 17 heavy (non-hydrogen) atoms. The highest BCUT2D eigenvalue weighted by molar-refractivity contribution is 5.85. The van der Waals surface area contributed by atoms with Gasteiger partial charge in [0.1, 0.15) is 5.82 Å². The Hall–Kier alpha value is -1.65. The average Bonchev–Trinajstić information content (AvgIpc) is 2.26. The van der Waals surface area contributed by atoms with Crippen molar-refractivity contribution >= 4 is 11.8 Å². The Morgan fingerprint density at radius 2 is 2.18 bits per heavy atom. The minimum absolute atomic E-state index is 0.0968. The van der Waals surface area contributed by atoms with Crippen LogP contribution in [0.3, 0.4) is 0 Å². The van der Waals surface area contributed by atoms with Gasteiger partial charge in [-0.05, 0) is 19.3 Å². The fourth-order valence-electron chi connectivity index (χ4n) is 1.33. The van der Waals surface area contributed by atoms with Gasteiger partial charge >= 0.3 is 5.97 Å². The van der Waals surface area contributed by atoms with Crippen molar-refractivity contribution in [1.29, 1.82) is 0 Å². The van der Waals surface area contributed by atoms with Gasteiger partial charge in [0.25, 0.3) is 0 Å². The van der Waals surface area contributed by atoms with Gasteiger partial charge < -0.3 is 10.1 Å².